The van der Waals surface area contributed by atoms with Gasteiger partial charge in [0.2, 0.25) is 11.8 Å². The Balaban J connectivity index is 2.20. The number of nitrogens with zero attached hydrogens (tertiary/aromatic N) is 2. The van der Waals surface area contributed by atoms with Crippen molar-refractivity contribution in [3.63, 3.8) is 0 Å². The lowest BCUT2D eigenvalue weighted by molar-refractivity contribution is -0.136. The molecule has 212 valence electrons. The summed E-state index contributed by atoms with van der Waals surface area (Å²) in [5.74, 6) is -0.976. The number of aromatic hydroxyl groups is 1. The molecule has 10 nitrogen and oxygen atoms in total. The lowest BCUT2D eigenvalue weighted by Crippen LogP contribution is -2.47. The summed E-state index contributed by atoms with van der Waals surface area (Å²) < 4.78 is 5.46. The van der Waals surface area contributed by atoms with Gasteiger partial charge < -0.3 is 30.3 Å². The molecule has 0 aliphatic carbocycles. The first kappa shape index (κ1) is 30.9. The van der Waals surface area contributed by atoms with E-state index in [1.54, 1.807) is 18.9 Å². The molecule has 0 radical (unpaired) electrons. The van der Waals surface area contributed by atoms with Crippen LogP contribution in [0.15, 0.2) is 18.2 Å². The average molecular weight is 533 g/mol. The summed E-state index contributed by atoms with van der Waals surface area (Å²) in [5.41, 5.74) is 0.193. The quantitative estimate of drug-likeness (QED) is 0.535. The minimum absolute atomic E-state index is 0.00967. The first-order valence-corrected chi connectivity index (χ1v) is 13.7. The van der Waals surface area contributed by atoms with Gasteiger partial charge in [-0.05, 0) is 51.2 Å². The number of hydrogen-bond donors (Lipinski definition) is 3. The molecule has 3 N–H and O–H groups in total. The molecule has 1 atom stereocenters. The minimum Gasteiger partial charge on any atom is -0.508 e. The topological polar surface area (TPSA) is 128 Å². The lowest BCUT2D eigenvalue weighted by atomic mass is 9.96. The molecule has 0 spiro atoms. The molecule has 0 saturated heterocycles. The highest BCUT2D eigenvalue weighted by atomic mass is 16.5. The molecule has 0 unspecified atom stereocenters. The summed E-state index contributed by atoms with van der Waals surface area (Å²) in [6.07, 6.45) is 5.62. The van der Waals surface area contributed by atoms with Gasteiger partial charge in [0.05, 0.1) is 0 Å². The Kier molecular flexibility index (Phi) is 12.9. The van der Waals surface area contributed by atoms with Crippen molar-refractivity contribution >= 4 is 23.6 Å². The van der Waals surface area contributed by atoms with Crippen molar-refractivity contribution in [3.05, 3.63) is 23.8 Å². The third-order valence-corrected chi connectivity index (χ3v) is 6.64. The van der Waals surface area contributed by atoms with E-state index in [1.165, 1.54) is 18.2 Å². The number of hydrogen-bond acceptors (Lipinski definition) is 6. The fraction of sp³-hybridized carbons (Fsp3) is 0.643. The molecule has 2 bridgehead atoms. The molecule has 0 fully saturated rings. The summed E-state index contributed by atoms with van der Waals surface area (Å²) >= 11 is 0. The average Bonchev–Trinajstić information content (AvgIpc) is 2.88. The molecule has 0 saturated carbocycles. The molecule has 1 aliphatic heterocycles. The second-order valence-electron chi connectivity index (χ2n) is 9.97. The summed E-state index contributed by atoms with van der Waals surface area (Å²) in [6, 6.07) is 3.33. The Bertz CT molecular complexity index is 947. The van der Waals surface area contributed by atoms with Crippen LogP contribution in [0.1, 0.15) is 76.1 Å². The maximum atomic E-state index is 13.4. The van der Waals surface area contributed by atoms with Crippen molar-refractivity contribution in [1.29, 1.82) is 0 Å². The number of phenols is 1. The number of fused-ring (bicyclic) bond motifs is 2. The highest BCUT2D eigenvalue weighted by Crippen LogP contribution is 2.22. The first-order chi connectivity index (χ1) is 18.2. The van der Waals surface area contributed by atoms with E-state index in [0.29, 0.717) is 32.6 Å². The number of amides is 4. The van der Waals surface area contributed by atoms with Crippen LogP contribution in [0.4, 0.5) is 0 Å². The lowest BCUT2D eigenvalue weighted by Gasteiger charge is -2.28. The maximum absolute atomic E-state index is 13.4. The van der Waals surface area contributed by atoms with Gasteiger partial charge in [-0.15, -0.1) is 0 Å². The molecule has 2 rings (SSSR count). The number of nitrogens with one attached hydrogen (secondary N) is 2. The molecule has 1 heterocycles. The van der Waals surface area contributed by atoms with Gasteiger partial charge in [0.15, 0.2) is 6.61 Å². The van der Waals surface area contributed by atoms with Crippen LogP contribution in [0.3, 0.4) is 0 Å². The number of phenolic OH excluding ortho intramolecular Hbond substituents is 1. The third-order valence-electron chi connectivity index (χ3n) is 6.64. The van der Waals surface area contributed by atoms with Gasteiger partial charge >= 0.3 is 0 Å². The monoisotopic (exact) mass is 532 g/mol. The van der Waals surface area contributed by atoms with Gasteiger partial charge in [0, 0.05) is 50.8 Å². The van der Waals surface area contributed by atoms with E-state index < -0.39 is 11.9 Å². The van der Waals surface area contributed by atoms with E-state index in [1.807, 2.05) is 4.90 Å². The van der Waals surface area contributed by atoms with Crippen molar-refractivity contribution in [2.45, 2.75) is 71.8 Å². The minimum atomic E-state index is -0.742. The van der Waals surface area contributed by atoms with Crippen molar-refractivity contribution < 1.29 is 29.0 Å². The fourth-order valence-electron chi connectivity index (χ4n) is 4.64. The van der Waals surface area contributed by atoms with E-state index in [9.17, 15) is 24.3 Å². The summed E-state index contributed by atoms with van der Waals surface area (Å²) in [6.45, 7) is 7.39. The predicted octanol–water partition coefficient (Wildman–Crippen LogP) is 2.69. The third kappa shape index (κ3) is 9.87. The Morgan fingerprint density at radius 2 is 1.71 bits per heavy atom. The fourth-order valence-corrected chi connectivity index (χ4v) is 4.64. The van der Waals surface area contributed by atoms with Crippen molar-refractivity contribution in [1.82, 2.24) is 20.4 Å². The van der Waals surface area contributed by atoms with Crippen molar-refractivity contribution in [2.75, 3.05) is 39.8 Å². The van der Waals surface area contributed by atoms with E-state index in [0.717, 1.165) is 38.5 Å². The molecular formula is C28H44N4O6. The second-order valence-corrected chi connectivity index (χ2v) is 9.97. The Morgan fingerprint density at radius 1 is 1.05 bits per heavy atom. The van der Waals surface area contributed by atoms with Crippen LogP contribution in [-0.4, -0.2) is 84.4 Å². The van der Waals surface area contributed by atoms with Gasteiger partial charge in [0.25, 0.3) is 11.8 Å². The SMILES string of the molecule is CCCC(CCC)C(=O)N1CCCCN(C)C(=O)[C@H](C)NC(=O)COc2cc(O)cc(c2)C(=O)NCCC1. The Morgan fingerprint density at radius 3 is 2.39 bits per heavy atom. The van der Waals surface area contributed by atoms with E-state index in [2.05, 4.69) is 24.5 Å². The van der Waals surface area contributed by atoms with Crippen LogP contribution in [0.5, 0.6) is 11.5 Å². The molecule has 4 amide bonds. The van der Waals surface area contributed by atoms with Crippen LogP contribution in [0.25, 0.3) is 0 Å². The van der Waals surface area contributed by atoms with Gasteiger partial charge in [0.1, 0.15) is 17.5 Å². The van der Waals surface area contributed by atoms with Gasteiger partial charge in [-0.1, -0.05) is 26.7 Å². The number of carbonyl (C=O) groups excluding carboxylic acids is 4. The number of ether oxygens (including phenoxy) is 1. The standard InChI is InChI=1S/C28H44N4O6/c1-5-10-21(11-6-2)28(37)32-14-8-7-13-31(4)27(36)20(3)30-25(34)19-38-24-17-22(16-23(33)18-24)26(35)29-12-9-15-32/h16-18,20-21,33H,5-15,19H2,1-4H3,(H,29,35)(H,30,34)/t20-/m0/s1. The smallest absolute Gasteiger partial charge is 0.258 e. The highest BCUT2D eigenvalue weighted by Gasteiger charge is 2.24. The summed E-state index contributed by atoms with van der Waals surface area (Å²) in [7, 11) is 1.70. The number of benzene rings is 1. The zero-order valence-corrected chi connectivity index (χ0v) is 23.3. The first-order valence-electron chi connectivity index (χ1n) is 13.7. The molecule has 0 aromatic heterocycles. The maximum Gasteiger partial charge on any atom is 0.258 e. The van der Waals surface area contributed by atoms with Gasteiger partial charge in [-0.2, -0.15) is 0 Å². The number of rotatable bonds is 5. The van der Waals surface area contributed by atoms with Crippen LogP contribution in [-0.2, 0) is 14.4 Å². The van der Waals surface area contributed by atoms with E-state index in [4.69, 9.17) is 4.74 Å². The second kappa shape index (κ2) is 15.8. The summed E-state index contributed by atoms with van der Waals surface area (Å²) in [5, 5.41) is 15.5. The molecular weight excluding hydrogens is 488 g/mol. The van der Waals surface area contributed by atoms with Crippen LogP contribution < -0.4 is 15.4 Å². The molecule has 1 aromatic carbocycles. The van der Waals surface area contributed by atoms with Crippen molar-refractivity contribution in [3.8, 4) is 11.5 Å². The van der Waals surface area contributed by atoms with E-state index >= 15 is 0 Å². The molecule has 1 aliphatic rings. The largest absolute Gasteiger partial charge is 0.508 e. The van der Waals surface area contributed by atoms with Gasteiger partial charge in [-0.25, -0.2) is 0 Å². The normalized spacial score (nSPS) is 19.0. The Hall–Kier alpha value is -3.30. The number of carbonyl (C=O) groups is 4. The predicted molar refractivity (Wildman–Crippen MR) is 145 cm³/mol. The zero-order chi connectivity index (χ0) is 28.1. The molecule has 10 heteroatoms. The van der Waals surface area contributed by atoms with Gasteiger partial charge in [-0.3, -0.25) is 19.2 Å². The number of likely N-dealkylation sites (N-methyl/N-ethyl adjacent to an activating group) is 1. The zero-order valence-electron chi connectivity index (χ0n) is 23.3. The summed E-state index contributed by atoms with van der Waals surface area (Å²) in [4.78, 5) is 54.6. The van der Waals surface area contributed by atoms with Crippen LogP contribution in [0.2, 0.25) is 0 Å². The Labute approximate surface area is 226 Å². The van der Waals surface area contributed by atoms with Crippen LogP contribution >= 0.6 is 0 Å². The highest BCUT2D eigenvalue weighted by molar-refractivity contribution is 5.95. The van der Waals surface area contributed by atoms with Crippen molar-refractivity contribution in [2.24, 2.45) is 5.92 Å². The van der Waals surface area contributed by atoms with Crippen LogP contribution in [0, 0.1) is 5.92 Å². The molecule has 38 heavy (non-hydrogen) atoms. The van der Waals surface area contributed by atoms with E-state index in [-0.39, 0.29) is 47.3 Å². The molecule has 1 aromatic rings.